The van der Waals surface area contributed by atoms with E-state index < -0.39 is 0 Å². The standard InChI is InChI=1S/C13H25NO/c1-3-12(11-4-5-11)14-10-13(6-7-13)8-9-15-2/h11-12,14H,3-10H2,1-2H3. The molecular weight excluding hydrogens is 186 g/mol. The first-order valence-corrected chi connectivity index (χ1v) is 6.52. The summed E-state index contributed by atoms with van der Waals surface area (Å²) in [7, 11) is 1.81. The second kappa shape index (κ2) is 4.84. The van der Waals surface area contributed by atoms with E-state index in [1.807, 2.05) is 7.11 Å². The van der Waals surface area contributed by atoms with Crippen LogP contribution in [0, 0.1) is 11.3 Å². The lowest BCUT2D eigenvalue weighted by Crippen LogP contribution is -2.35. The zero-order chi connectivity index (χ0) is 10.7. The highest BCUT2D eigenvalue weighted by atomic mass is 16.5. The van der Waals surface area contributed by atoms with Gasteiger partial charge in [-0.1, -0.05) is 6.92 Å². The smallest absolute Gasteiger partial charge is 0.0468 e. The van der Waals surface area contributed by atoms with Gasteiger partial charge in [0.2, 0.25) is 0 Å². The minimum atomic E-state index is 0.609. The fourth-order valence-corrected chi connectivity index (χ4v) is 2.50. The van der Waals surface area contributed by atoms with Gasteiger partial charge in [-0.25, -0.2) is 0 Å². The van der Waals surface area contributed by atoms with Crippen LogP contribution in [0.1, 0.15) is 45.4 Å². The van der Waals surface area contributed by atoms with Crippen LogP contribution in [-0.4, -0.2) is 26.3 Å². The van der Waals surface area contributed by atoms with Gasteiger partial charge < -0.3 is 10.1 Å². The van der Waals surface area contributed by atoms with E-state index in [1.54, 1.807) is 0 Å². The third-order valence-electron chi connectivity index (χ3n) is 4.16. The largest absolute Gasteiger partial charge is 0.385 e. The molecule has 0 aromatic carbocycles. The lowest BCUT2D eigenvalue weighted by atomic mass is 10.0. The second-order valence-corrected chi connectivity index (χ2v) is 5.48. The maximum atomic E-state index is 5.18. The van der Waals surface area contributed by atoms with Crippen molar-refractivity contribution in [2.24, 2.45) is 11.3 Å². The summed E-state index contributed by atoms with van der Waals surface area (Å²) in [6, 6.07) is 0.796. The van der Waals surface area contributed by atoms with Gasteiger partial charge in [0, 0.05) is 26.3 Å². The van der Waals surface area contributed by atoms with E-state index in [1.165, 1.54) is 45.1 Å². The fourth-order valence-electron chi connectivity index (χ4n) is 2.50. The van der Waals surface area contributed by atoms with E-state index in [-0.39, 0.29) is 0 Å². The lowest BCUT2D eigenvalue weighted by Gasteiger charge is -2.21. The van der Waals surface area contributed by atoms with Gasteiger partial charge in [0.1, 0.15) is 0 Å². The molecule has 88 valence electrons. The van der Waals surface area contributed by atoms with Crippen molar-refractivity contribution >= 4 is 0 Å². The fraction of sp³-hybridized carbons (Fsp3) is 1.00. The molecule has 0 amide bonds. The van der Waals surface area contributed by atoms with Crippen LogP contribution in [0.5, 0.6) is 0 Å². The summed E-state index contributed by atoms with van der Waals surface area (Å²) in [6.45, 7) is 4.47. The SMILES string of the molecule is CCC(NCC1(CCOC)CC1)C1CC1. The molecule has 0 saturated heterocycles. The molecule has 2 aliphatic carbocycles. The van der Waals surface area contributed by atoms with Gasteiger partial charge in [-0.15, -0.1) is 0 Å². The Morgan fingerprint density at radius 2 is 2.13 bits per heavy atom. The molecule has 2 saturated carbocycles. The lowest BCUT2D eigenvalue weighted by molar-refractivity contribution is 0.169. The first-order chi connectivity index (χ1) is 7.29. The number of nitrogens with one attached hydrogen (secondary N) is 1. The van der Waals surface area contributed by atoms with Crippen LogP contribution in [0.2, 0.25) is 0 Å². The van der Waals surface area contributed by atoms with Gasteiger partial charge in [0.25, 0.3) is 0 Å². The van der Waals surface area contributed by atoms with Gasteiger partial charge in [-0.2, -0.15) is 0 Å². The summed E-state index contributed by atoms with van der Waals surface area (Å²) >= 11 is 0. The third-order valence-corrected chi connectivity index (χ3v) is 4.16. The van der Waals surface area contributed by atoms with Crippen molar-refractivity contribution in [2.75, 3.05) is 20.3 Å². The van der Waals surface area contributed by atoms with E-state index in [0.29, 0.717) is 5.41 Å². The second-order valence-electron chi connectivity index (χ2n) is 5.48. The zero-order valence-electron chi connectivity index (χ0n) is 10.2. The summed E-state index contributed by atoms with van der Waals surface area (Å²) in [5.41, 5.74) is 0.609. The molecule has 1 atom stereocenters. The van der Waals surface area contributed by atoms with Crippen LogP contribution < -0.4 is 5.32 Å². The van der Waals surface area contributed by atoms with Gasteiger partial charge in [-0.05, 0) is 49.9 Å². The molecule has 15 heavy (non-hydrogen) atoms. The highest BCUT2D eigenvalue weighted by Crippen LogP contribution is 2.48. The Morgan fingerprint density at radius 1 is 1.40 bits per heavy atom. The molecule has 0 aliphatic heterocycles. The topological polar surface area (TPSA) is 21.3 Å². The predicted octanol–water partition coefficient (Wildman–Crippen LogP) is 2.58. The molecule has 2 aliphatic rings. The third kappa shape index (κ3) is 3.18. The van der Waals surface area contributed by atoms with Gasteiger partial charge in [0.05, 0.1) is 0 Å². The molecule has 0 radical (unpaired) electrons. The first-order valence-electron chi connectivity index (χ1n) is 6.52. The van der Waals surface area contributed by atoms with Crippen molar-refractivity contribution in [3.05, 3.63) is 0 Å². The molecule has 1 unspecified atom stereocenters. The molecule has 2 heteroatoms. The Balaban J connectivity index is 1.67. The molecule has 2 fully saturated rings. The van der Waals surface area contributed by atoms with E-state index >= 15 is 0 Å². The number of ether oxygens (including phenoxy) is 1. The Hall–Kier alpha value is -0.0800. The van der Waals surface area contributed by atoms with Crippen LogP contribution >= 0.6 is 0 Å². The van der Waals surface area contributed by atoms with E-state index in [2.05, 4.69) is 12.2 Å². The molecule has 0 aromatic heterocycles. The van der Waals surface area contributed by atoms with Crippen molar-refractivity contribution in [1.82, 2.24) is 5.32 Å². The number of rotatable bonds is 8. The molecular formula is C13H25NO. The van der Waals surface area contributed by atoms with Crippen molar-refractivity contribution in [3.63, 3.8) is 0 Å². The number of hydrogen-bond donors (Lipinski definition) is 1. The predicted molar refractivity (Wildman–Crippen MR) is 63.0 cm³/mol. The highest BCUT2D eigenvalue weighted by Gasteiger charge is 2.42. The van der Waals surface area contributed by atoms with Gasteiger partial charge in [-0.3, -0.25) is 0 Å². The van der Waals surface area contributed by atoms with E-state index in [0.717, 1.165) is 18.6 Å². The van der Waals surface area contributed by atoms with Crippen LogP contribution in [0.15, 0.2) is 0 Å². The maximum absolute atomic E-state index is 5.18. The summed E-state index contributed by atoms with van der Waals surface area (Å²) in [5, 5.41) is 3.79. The van der Waals surface area contributed by atoms with Crippen LogP contribution in [0.25, 0.3) is 0 Å². The summed E-state index contributed by atoms with van der Waals surface area (Å²) in [4.78, 5) is 0. The number of hydrogen-bond acceptors (Lipinski definition) is 2. The Labute approximate surface area is 93.8 Å². The zero-order valence-corrected chi connectivity index (χ0v) is 10.2. The number of methoxy groups -OCH3 is 1. The summed E-state index contributed by atoms with van der Waals surface area (Å²) in [5.74, 6) is 0.994. The van der Waals surface area contributed by atoms with E-state index in [9.17, 15) is 0 Å². The Bertz CT molecular complexity index is 197. The average molecular weight is 211 g/mol. The van der Waals surface area contributed by atoms with Gasteiger partial charge in [0.15, 0.2) is 0 Å². The Morgan fingerprint density at radius 3 is 2.60 bits per heavy atom. The minimum absolute atomic E-state index is 0.609. The minimum Gasteiger partial charge on any atom is -0.385 e. The average Bonchev–Trinajstić information content (AvgIpc) is 3.11. The van der Waals surface area contributed by atoms with E-state index in [4.69, 9.17) is 4.74 Å². The molecule has 0 spiro atoms. The summed E-state index contributed by atoms with van der Waals surface area (Å²) < 4.78 is 5.18. The molecule has 0 bridgehead atoms. The van der Waals surface area contributed by atoms with Crippen molar-refractivity contribution in [1.29, 1.82) is 0 Å². The monoisotopic (exact) mass is 211 g/mol. The molecule has 1 N–H and O–H groups in total. The van der Waals surface area contributed by atoms with Crippen molar-refractivity contribution < 1.29 is 4.74 Å². The van der Waals surface area contributed by atoms with Crippen LogP contribution in [0.3, 0.4) is 0 Å². The van der Waals surface area contributed by atoms with Crippen molar-refractivity contribution in [2.45, 2.75) is 51.5 Å². The molecule has 0 heterocycles. The normalized spacial score (nSPS) is 25.2. The van der Waals surface area contributed by atoms with Crippen LogP contribution in [0.4, 0.5) is 0 Å². The molecule has 2 nitrogen and oxygen atoms in total. The van der Waals surface area contributed by atoms with Crippen molar-refractivity contribution in [3.8, 4) is 0 Å². The molecule has 2 rings (SSSR count). The van der Waals surface area contributed by atoms with Gasteiger partial charge >= 0.3 is 0 Å². The highest BCUT2D eigenvalue weighted by molar-refractivity contribution is 4.96. The quantitative estimate of drug-likeness (QED) is 0.666. The first kappa shape index (κ1) is 11.4. The Kier molecular flexibility index (Phi) is 3.68. The molecule has 0 aromatic rings. The maximum Gasteiger partial charge on any atom is 0.0468 e. The summed E-state index contributed by atoms with van der Waals surface area (Å²) in [6.07, 6.45) is 8.27. The van der Waals surface area contributed by atoms with Crippen LogP contribution in [-0.2, 0) is 4.74 Å².